The quantitative estimate of drug-likeness (QED) is 0.698. The molecule has 0 aliphatic carbocycles. The molecule has 1 aromatic carbocycles. The van der Waals surface area contributed by atoms with Crippen LogP contribution in [0.5, 0.6) is 5.75 Å². The van der Waals surface area contributed by atoms with Crippen LogP contribution >= 0.6 is 0 Å². The van der Waals surface area contributed by atoms with Crippen molar-refractivity contribution in [2.45, 2.75) is 25.0 Å². The Kier molecular flexibility index (Phi) is 4.37. The van der Waals surface area contributed by atoms with Gasteiger partial charge in [-0.15, -0.1) is 0 Å². The summed E-state index contributed by atoms with van der Waals surface area (Å²) < 4.78 is 11.1. The molecule has 0 radical (unpaired) electrons. The van der Waals surface area contributed by atoms with Gasteiger partial charge in [0.05, 0.1) is 24.0 Å². The predicted molar refractivity (Wildman–Crippen MR) is 91.2 cm³/mol. The maximum absolute atomic E-state index is 12.5. The van der Waals surface area contributed by atoms with Crippen LogP contribution in [0.3, 0.4) is 0 Å². The number of anilines is 1. The molecule has 3 N–H and O–H groups in total. The molecule has 3 fully saturated rings. The van der Waals surface area contributed by atoms with Gasteiger partial charge in [0.25, 0.3) is 0 Å². The maximum atomic E-state index is 12.5. The fourth-order valence-electron chi connectivity index (χ4n) is 4.09. The van der Waals surface area contributed by atoms with Gasteiger partial charge in [-0.2, -0.15) is 0 Å². The van der Waals surface area contributed by atoms with E-state index in [9.17, 15) is 14.4 Å². The van der Waals surface area contributed by atoms with E-state index >= 15 is 0 Å². The average molecular weight is 359 g/mol. The Morgan fingerprint density at radius 1 is 1.15 bits per heavy atom. The van der Waals surface area contributed by atoms with Crippen molar-refractivity contribution in [2.75, 3.05) is 25.0 Å². The third-order valence-electron chi connectivity index (χ3n) is 5.20. The number of nitrogens with one attached hydrogen (secondary N) is 1. The van der Waals surface area contributed by atoms with E-state index in [0.29, 0.717) is 24.6 Å². The number of carbonyl (C=O) groups excluding carboxylic acids is 3. The lowest BCUT2D eigenvalue weighted by atomic mass is 9.81. The van der Waals surface area contributed by atoms with Crippen LogP contribution in [0.4, 0.5) is 5.69 Å². The minimum Gasteiger partial charge on any atom is -0.492 e. The van der Waals surface area contributed by atoms with Gasteiger partial charge in [0.2, 0.25) is 17.7 Å². The van der Waals surface area contributed by atoms with Crippen LogP contribution < -0.4 is 15.8 Å². The van der Waals surface area contributed by atoms with E-state index in [1.807, 2.05) is 0 Å². The van der Waals surface area contributed by atoms with Crippen molar-refractivity contribution in [2.24, 2.45) is 17.6 Å². The van der Waals surface area contributed by atoms with Crippen molar-refractivity contribution in [3.63, 3.8) is 0 Å². The highest BCUT2D eigenvalue weighted by Crippen LogP contribution is 2.48. The Hall–Kier alpha value is -2.45. The van der Waals surface area contributed by atoms with E-state index in [1.54, 1.807) is 24.3 Å². The Labute approximate surface area is 150 Å². The second kappa shape index (κ2) is 6.69. The maximum Gasteiger partial charge on any atom is 0.244 e. The lowest BCUT2D eigenvalue weighted by Gasteiger charge is -2.17. The molecule has 0 saturated carbocycles. The first-order valence-corrected chi connectivity index (χ1v) is 8.82. The van der Waals surface area contributed by atoms with Gasteiger partial charge in [0.15, 0.2) is 0 Å². The minimum atomic E-state index is -0.409. The van der Waals surface area contributed by atoms with E-state index in [0.717, 1.165) is 17.7 Å². The summed E-state index contributed by atoms with van der Waals surface area (Å²) in [5.74, 6) is -1.14. The van der Waals surface area contributed by atoms with Crippen molar-refractivity contribution in [3.8, 4) is 5.75 Å². The fraction of sp³-hybridized carbons (Fsp3) is 0.500. The Bertz CT molecular complexity index is 707. The SMILES string of the molecule is NCCOc1ccc(NC(=O)CN2C(=O)C3C4CCC(O4)C3C2=O)cc1. The van der Waals surface area contributed by atoms with Crippen molar-refractivity contribution in [1.29, 1.82) is 0 Å². The average Bonchev–Trinajstić information content (AvgIpc) is 3.31. The predicted octanol–water partition coefficient (Wildman–Crippen LogP) is 0.125. The van der Waals surface area contributed by atoms with Crippen LogP contribution in [0.1, 0.15) is 12.8 Å². The molecule has 3 aliphatic heterocycles. The second-order valence-corrected chi connectivity index (χ2v) is 6.81. The molecule has 3 amide bonds. The Morgan fingerprint density at radius 3 is 2.35 bits per heavy atom. The third-order valence-corrected chi connectivity index (χ3v) is 5.20. The van der Waals surface area contributed by atoms with Crippen LogP contribution in [-0.2, 0) is 19.1 Å². The smallest absolute Gasteiger partial charge is 0.244 e. The lowest BCUT2D eigenvalue weighted by Crippen LogP contribution is -2.40. The monoisotopic (exact) mass is 359 g/mol. The first-order chi connectivity index (χ1) is 12.6. The number of fused-ring (bicyclic) bond motifs is 5. The number of nitrogens with zero attached hydrogens (tertiary/aromatic N) is 1. The summed E-state index contributed by atoms with van der Waals surface area (Å²) in [5, 5.41) is 2.70. The number of ether oxygens (including phenoxy) is 2. The van der Waals surface area contributed by atoms with Crippen molar-refractivity contribution >= 4 is 23.4 Å². The molecule has 0 spiro atoms. The number of benzene rings is 1. The zero-order valence-corrected chi connectivity index (χ0v) is 14.2. The zero-order valence-electron chi connectivity index (χ0n) is 14.2. The molecule has 2 bridgehead atoms. The lowest BCUT2D eigenvalue weighted by molar-refractivity contribution is -0.145. The Balaban J connectivity index is 1.36. The van der Waals surface area contributed by atoms with Gasteiger partial charge in [0.1, 0.15) is 18.9 Å². The number of amides is 3. The summed E-state index contributed by atoms with van der Waals surface area (Å²) in [6, 6.07) is 6.83. The summed E-state index contributed by atoms with van der Waals surface area (Å²) in [6.45, 7) is 0.569. The number of hydrogen-bond donors (Lipinski definition) is 2. The molecule has 3 saturated heterocycles. The van der Waals surface area contributed by atoms with Crippen LogP contribution in [0.2, 0.25) is 0 Å². The van der Waals surface area contributed by atoms with Crippen LogP contribution in [-0.4, -0.2) is 54.5 Å². The Morgan fingerprint density at radius 2 is 1.77 bits per heavy atom. The number of imide groups is 1. The van der Waals surface area contributed by atoms with Gasteiger partial charge < -0.3 is 20.5 Å². The molecular weight excluding hydrogens is 338 g/mol. The van der Waals surface area contributed by atoms with E-state index in [2.05, 4.69) is 5.32 Å². The van der Waals surface area contributed by atoms with Crippen LogP contribution in [0, 0.1) is 11.8 Å². The van der Waals surface area contributed by atoms with E-state index in [-0.39, 0.29) is 30.6 Å². The molecular formula is C18H21N3O5. The molecule has 4 atom stereocenters. The van der Waals surface area contributed by atoms with Gasteiger partial charge in [-0.25, -0.2) is 0 Å². The van der Waals surface area contributed by atoms with Crippen LogP contribution in [0.15, 0.2) is 24.3 Å². The molecule has 4 unspecified atom stereocenters. The summed E-state index contributed by atoms with van der Waals surface area (Å²) in [5.41, 5.74) is 5.94. The highest BCUT2D eigenvalue weighted by atomic mass is 16.5. The summed E-state index contributed by atoms with van der Waals surface area (Å²) in [7, 11) is 0. The molecule has 8 nitrogen and oxygen atoms in total. The van der Waals surface area contributed by atoms with Crippen molar-refractivity contribution in [1.82, 2.24) is 4.90 Å². The molecule has 0 aromatic heterocycles. The highest BCUT2D eigenvalue weighted by molar-refractivity contribution is 6.09. The van der Waals surface area contributed by atoms with E-state index in [4.69, 9.17) is 15.2 Å². The largest absolute Gasteiger partial charge is 0.492 e. The van der Waals surface area contributed by atoms with Crippen LogP contribution in [0.25, 0.3) is 0 Å². The summed E-state index contributed by atoms with van der Waals surface area (Å²) >= 11 is 0. The van der Waals surface area contributed by atoms with Gasteiger partial charge in [0, 0.05) is 12.2 Å². The standard InChI is InChI=1S/C18H21N3O5/c19-7-8-25-11-3-1-10(2-4-11)20-14(22)9-21-17(23)15-12-5-6-13(26-12)16(15)18(21)24/h1-4,12-13,15-16H,5-9,19H2,(H,20,22). The molecule has 8 heteroatoms. The first kappa shape index (κ1) is 17.0. The molecule has 138 valence electrons. The minimum absolute atomic E-state index is 0.171. The van der Waals surface area contributed by atoms with E-state index < -0.39 is 17.7 Å². The van der Waals surface area contributed by atoms with Crippen molar-refractivity contribution < 1.29 is 23.9 Å². The van der Waals surface area contributed by atoms with Gasteiger partial charge in [-0.05, 0) is 37.1 Å². The van der Waals surface area contributed by atoms with Crippen molar-refractivity contribution in [3.05, 3.63) is 24.3 Å². The normalized spacial score (nSPS) is 29.2. The molecule has 26 heavy (non-hydrogen) atoms. The van der Waals surface area contributed by atoms with Gasteiger partial charge >= 0.3 is 0 Å². The fourth-order valence-corrected chi connectivity index (χ4v) is 4.09. The number of likely N-dealkylation sites (tertiary alicyclic amines) is 1. The molecule has 3 aliphatic rings. The number of hydrogen-bond acceptors (Lipinski definition) is 6. The second-order valence-electron chi connectivity index (χ2n) is 6.81. The number of nitrogens with two attached hydrogens (primary N) is 1. The summed E-state index contributed by atoms with van der Waals surface area (Å²) in [6.07, 6.45) is 1.28. The third kappa shape index (κ3) is 2.85. The summed E-state index contributed by atoms with van der Waals surface area (Å²) in [4.78, 5) is 38.4. The topological polar surface area (TPSA) is 111 Å². The van der Waals surface area contributed by atoms with Gasteiger partial charge in [-0.1, -0.05) is 0 Å². The molecule has 4 rings (SSSR count). The van der Waals surface area contributed by atoms with Gasteiger partial charge in [-0.3, -0.25) is 19.3 Å². The zero-order chi connectivity index (χ0) is 18.3. The number of carbonyl (C=O) groups is 3. The van der Waals surface area contributed by atoms with E-state index in [1.165, 1.54) is 0 Å². The first-order valence-electron chi connectivity index (χ1n) is 8.82. The highest BCUT2D eigenvalue weighted by Gasteiger charge is 2.62. The molecule has 3 heterocycles. The molecule has 1 aromatic rings. The number of rotatable bonds is 6.